The van der Waals surface area contributed by atoms with Crippen molar-refractivity contribution < 1.29 is 4.79 Å². The highest BCUT2D eigenvalue weighted by molar-refractivity contribution is 5.78. The van der Waals surface area contributed by atoms with Crippen LogP contribution in [0, 0.1) is 64.1 Å². The second-order valence-corrected chi connectivity index (χ2v) is 14.0. The van der Waals surface area contributed by atoms with Gasteiger partial charge >= 0.3 is 0 Å². The summed E-state index contributed by atoms with van der Waals surface area (Å²) in [7, 11) is 0. The molecule has 0 heterocycles. The van der Waals surface area contributed by atoms with Gasteiger partial charge in [-0.05, 0) is 103 Å². The molecule has 7 atom stereocenters. The molecule has 178 valence electrons. The van der Waals surface area contributed by atoms with Crippen molar-refractivity contribution >= 4 is 5.91 Å². The Morgan fingerprint density at radius 1 is 0.969 bits per heavy atom. The maximum Gasteiger partial charge on any atom is 0.221 e. The van der Waals surface area contributed by atoms with Gasteiger partial charge in [0.05, 0.1) is 0 Å². The molecule has 3 fully saturated rings. The van der Waals surface area contributed by atoms with Gasteiger partial charge < -0.3 is 5.73 Å². The Bertz CT molecular complexity index is 796. The number of rotatable bonds is 7. The first-order chi connectivity index (χ1) is 15.0. The second-order valence-electron chi connectivity index (χ2n) is 14.0. The Morgan fingerprint density at radius 2 is 1.69 bits per heavy atom. The first-order valence-electron chi connectivity index (χ1n) is 13.7. The summed E-state index contributed by atoms with van der Waals surface area (Å²) in [6.07, 6.45) is 19.9. The third-order valence-corrected chi connectivity index (χ3v) is 11.1. The van der Waals surface area contributed by atoms with E-state index in [4.69, 9.17) is 5.73 Å². The zero-order valence-corrected chi connectivity index (χ0v) is 21.3. The molecule has 2 heteroatoms. The third-order valence-electron chi connectivity index (χ3n) is 11.1. The standard InChI is InChI=1S/C30H47NO/c1-18-25-15-22(27(18)28(31)32)14-23(25)17-29(2,3)24-10-7-19(8-11-24)16-30(4,5)26-13-20-6-9-21(26)12-20/h6,9,14,18-22,24-27H,7-8,10-13,15-17H2,1-5H3,(H2,31,32). The van der Waals surface area contributed by atoms with Crippen LogP contribution in [0.25, 0.3) is 0 Å². The van der Waals surface area contributed by atoms with Gasteiger partial charge in [0.15, 0.2) is 0 Å². The SMILES string of the molecule is CC1C2CC(C=C2CC(C)(C)C2CCC(CC(C)(C)C3CC4C=CC3C4)CC2)C1C(N)=O. The van der Waals surface area contributed by atoms with E-state index in [0.29, 0.717) is 28.6 Å². The molecular formula is C30H47NO. The van der Waals surface area contributed by atoms with Gasteiger partial charge in [-0.25, -0.2) is 0 Å². The van der Waals surface area contributed by atoms with Gasteiger partial charge in [-0.2, -0.15) is 0 Å². The van der Waals surface area contributed by atoms with E-state index in [9.17, 15) is 4.79 Å². The van der Waals surface area contributed by atoms with E-state index in [0.717, 1.165) is 29.6 Å². The maximum atomic E-state index is 11.9. The van der Waals surface area contributed by atoms with Crippen molar-refractivity contribution in [2.24, 2.45) is 69.8 Å². The van der Waals surface area contributed by atoms with E-state index in [2.05, 4.69) is 52.8 Å². The van der Waals surface area contributed by atoms with E-state index in [1.54, 1.807) is 5.57 Å². The predicted molar refractivity (Wildman–Crippen MR) is 133 cm³/mol. The summed E-state index contributed by atoms with van der Waals surface area (Å²) in [5.74, 6) is 5.90. The van der Waals surface area contributed by atoms with Crippen molar-refractivity contribution in [1.82, 2.24) is 0 Å². The Hall–Kier alpha value is -1.05. The molecule has 0 radical (unpaired) electrons. The van der Waals surface area contributed by atoms with Gasteiger partial charge in [0, 0.05) is 5.92 Å². The lowest BCUT2D eigenvalue weighted by molar-refractivity contribution is -0.123. The van der Waals surface area contributed by atoms with Crippen LogP contribution in [0.2, 0.25) is 0 Å². The van der Waals surface area contributed by atoms with Crippen LogP contribution in [0.1, 0.15) is 92.4 Å². The van der Waals surface area contributed by atoms with E-state index in [1.165, 1.54) is 57.8 Å². The van der Waals surface area contributed by atoms with Crippen LogP contribution >= 0.6 is 0 Å². The quantitative estimate of drug-likeness (QED) is 0.422. The number of hydrogen-bond donors (Lipinski definition) is 1. The summed E-state index contributed by atoms with van der Waals surface area (Å²) >= 11 is 0. The molecule has 7 unspecified atom stereocenters. The van der Waals surface area contributed by atoms with Crippen molar-refractivity contribution in [1.29, 1.82) is 0 Å². The minimum atomic E-state index is -0.0812. The zero-order chi connectivity index (χ0) is 22.8. The predicted octanol–water partition coefficient (Wildman–Crippen LogP) is 7.15. The van der Waals surface area contributed by atoms with Gasteiger partial charge in [-0.15, -0.1) is 0 Å². The highest BCUT2D eigenvalue weighted by atomic mass is 16.1. The number of nitrogens with two attached hydrogens (primary N) is 1. The maximum absolute atomic E-state index is 11.9. The van der Waals surface area contributed by atoms with E-state index >= 15 is 0 Å². The average Bonchev–Trinajstić information content (AvgIpc) is 3.48. The minimum Gasteiger partial charge on any atom is -0.369 e. The van der Waals surface area contributed by atoms with Crippen molar-refractivity contribution in [2.45, 2.75) is 92.4 Å². The molecule has 1 amide bonds. The van der Waals surface area contributed by atoms with E-state index < -0.39 is 0 Å². The smallest absolute Gasteiger partial charge is 0.221 e. The lowest BCUT2D eigenvalue weighted by Crippen LogP contribution is -2.35. The van der Waals surface area contributed by atoms with Crippen molar-refractivity contribution in [3.05, 3.63) is 23.8 Å². The van der Waals surface area contributed by atoms with Gasteiger partial charge in [-0.3, -0.25) is 4.79 Å². The summed E-state index contributed by atoms with van der Waals surface area (Å²) in [6.45, 7) is 12.5. The Kier molecular flexibility index (Phi) is 5.70. The van der Waals surface area contributed by atoms with Crippen LogP contribution in [0.15, 0.2) is 23.8 Å². The van der Waals surface area contributed by atoms with Crippen LogP contribution in [0.4, 0.5) is 0 Å². The normalized spacial score (nSPS) is 43.2. The highest BCUT2D eigenvalue weighted by Gasteiger charge is 2.50. The summed E-state index contributed by atoms with van der Waals surface area (Å²) in [5.41, 5.74) is 8.22. The fraction of sp³-hybridized carbons (Fsp3) is 0.833. The van der Waals surface area contributed by atoms with E-state index in [-0.39, 0.29) is 11.8 Å². The van der Waals surface area contributed by atoms with Gasteiger partial charge in [0.2, 0.25) is 5.91 Å². The molecule has 32 heavy (non-hydrogen) atoms. The van der Waals surface area contributed by atoms with Crippen LogP contribution in [0.5, 0.6) is 0 Å². The molecular weight excluding hydrogens is 390 g/mol. The molecule has 2 N–H and O–H groups in total. The zero-order valence-electron chi connectivity index (χ0n) is 21.3. The van der Waals surface area contributed by atoms with Crippen molar-refractivity contribution in [3.63, 3.8) is 0 Å². The fourth-order valence-corrected chi connectivity index (χ4v) is 9.41. The molecule has 0 aliphatic heterocycles. The molecule has 0 aromatic carbocycles. The summed E-state index contributed by atoms with van der Waals surface area (Å²) < 4.78 is 0. The largest absolute Gasteiger partial charge is 0.369 e. The first-order valence-corrected chi connectivity index (χ1v) is 13.7. The molecule has 0 aromatic heterocycles. The first kappa shape index (κ1) is 22.7. The minimum absolute atomic E-state index is 0.0798. The lowest BCUT2D eigenvalue weighted by Gasteiger charge is -2.44. The molecule has 2 nitrogen and oxygen atoms in total. The average molecular weight is 438 g/mol. The Balaban J connectivity index is 1.15. The number of hydrogen-bond acceptors (Lipinski definition) is 1. The number of amides is 1. The topological polar surface area (TPSA) is 43.1 Å². The Morgan fingerprint density at radius 3 is 2.25 bits per heavy atom. The molecule has 0 aromatic rings. The molecule has 5 aliphatic carbocycles. The van der Waals surface area contributed by atoms with Gasteiger partial charge in [-0.1, -0.05) is 71.3 Å². The summed E-state index contributed by atoms with van der Waals surface area (Å²) in [6, 6.07) is 0. The Labute approximate surface area is 196 Å². The van der Waals surface area contributed by atoms with Crippen LogP contribution < -0.4 is 5.73 Å². The molecule has 5 rings (SSSR count). The van der Waals surface area contributed by atoms with Crippen LogP contribution in [-0.4, -0.2) is 5.91 Å². The van der Waals surface area contributed by atoms with Crippen LogP contribution in [-0.2, 0) is 4.79 Å². The lowest BCUT2D eigenvalue weighted by atomic mass is 9.61. The number of carbonyl (C=O) groups is 1. The van der Waals surface area contributed by atoms with Crippen molar-refractivity contribution in [3.8, 4) is 0 Å². The molecule has 3 saturated carbocycles. The monoisotopic (exact) mass is 437 g/mol. The summed E-state index contributed by atoms with van der Waals surface area (Å²) in [5, 5.41) is 0. The van der Waals surface area contributed by atoms with E-state index in [1.807, 2.05) is 0 Å². The molecule has 0 spiro atoms. The van der Waals surface area contributed by atoms with Gasteiger partial charge in [0.1, 0.15) is 0 Å². The fourth-order valence-electron chi connectivity index (χ4n) is 9.41. The highest BCUT2D eigenvalue weighted by Crippen LogP contribution is 2.57. The molecule has 4 bridgehead atoms. The molecule has 5 aliphatic rings. The number of allylic oxidation sites excluding steroid dienone is 4. The second kappa shape index (κ2) is 8.02. The van der Waals surface area contributed by atoms with Gasteiger partial charge in [0.25, 0.3) is 0 Å². The third kappa shape index (κ3) is 3.92. The number of primary amides is 1. The molecule has 0 saturated heterocycles. The number of carbonyl (C=O) groups excluding carboxylic acids is 1. The summed E-state index contributed by atoms with van der Waals surface area (Å²) in [4.78, 5) is 11.9. The van der Waals surface area contributed by atoms with Crippen LogP contribution in [0.3, 0.4) is 0 Å². The number of fused-ring (bicyclic) bond motifs is 4. The van der Waals surface area contributed by atoms with Crippen molar-refractivity contribution in [2.75, 3.05) is 0 Å².